The molecular weight excluding hydrogens is 316 g/mol. The average Bonchev–Trinajstić information content (AvgIpc) is 2.61. The molecule has 0 saturated heterocycles. The van der Waals surface area contributed by atoms with Gasteiger partial charge in [-0.1, -0.05) is 36.5 Å². The number of ketones is 2. The topological polar surface area (TPSA) is 52.6 Å². The van der Waals surface area contributed by atoms with E-state index in [9.17, 15) is 9.59 Å². The molecule has 0 unspecified atom stereocenters. The lowest BCUT2D eigenvalue weighted by molar-refractivity contribution is -0.121. The van der Waals surface area contributed by atoms with Gasteiger partial charge in [0.25, 0.3) is 0 Å². The Hall–Kier alpha value is -2.36. The largest absolute Gasteiger partial charge is 0.489 e. The van der Waals surface area contributed by atoms with Gasteiger partial charge in [0, 0.05) is 11.1 Å². The van der Waals surface area contributed by atoms with Crippen LogP contribution in [0.15, 0.2) is 59.1 Å². The van der Waals surface area contributed by atoms with Crippen LogP contribution in [-0.2, 0) is 19.1 Å². The second-order valence-electron chi connectivity index (χ2n) is 5.74. The van der Waals surface area contributed by atoms with E-state index in [4.69, 9.17) is 9.47 Å². The first-order chi connectivity index (χ1) is 12.1. The molecule has 4 heteroatoms. The highest BCUT2D eigenvalue weighted by Crippen LogP contribution is 2.27. The molecule has 0 aromatic carbocycles. The summed E-state index contributed by atoms with van der Waals surface area (Å²) in [5, 5.41) is 0. The molecule has 0 saturated carbocycles. The van der Waals surface area contributed by atoms with Crippen molar-refractivity contribution in [1.29, 1.82) is 0 Å². The standard InChI is InChI=1S/C21H28O4/c1-5-6-7-8-9-10-11-12-13-14-15-17-16(2)18(22)20(24-3)21(25-4)19(17)23/h5-6,11-14H,7-10,15H2,1-4H3/b6-5+,12-11+,14-13+. The Labute approximate surface area is 150 Å². The van der Waals surface area contributed by atoms with Crippen LogP contribution in [0.4, 0.5) is 0 Å². The number of hydrogen-bond donors (Lipinski definition) is 0. The summed E-state index contributed by atoms with van der Waals surface area (Å²) in [5.74, 6) is -0.609. The maximum atomic E-state index is 12.4. The van der Waals surface area contributed by atoms with E-state index in [2.05, 4.69) is 18.2 Å². The van der Waals surface area contributed by atoms with Crippen LogP contribution in [0, 0.1) is 0 Å². The van der Waals surface area contributed by atoms with Gasteiger partial charge in [-0.3, -0.25) is 9.59 Å². The number of unbranched alkanes of at least 4 members (excludes halogenated alkanes) is 3. The van der Waals surface area contributed by atoms with Gasteiger partial charge in [-0.2, -0.15) is 0 Å². The van der Waals surface area contributed by atoms with Crippen LogP contribution in [0.25, 0.3) is 0 Å². The molecule has 1 aliphatic carbocycles. The molecule has 0 fully saturated rings. The molecule has 0 bridgehead atoms. The Morgan fingerprint density at radius 1 is 0.840 bits per heavy atom. The fourth-order valence-electron chi connectivity index (χ4n) is 2.57. The fraction of sp³-hybridized carbons (Fsp3) is 0.429. The van der Waals surface area contributed by atoms with E-state index in [1.807, 2.05) is 25.2 Å². The number of hydrogen-bond acceptors (Lipinski definition) is 4. The molecule has 0 spiro atoms. The van der Waals surface area contributed by atoms with E-state index < -0.39 is 0 Å². The first kappa shape index (κ1) is 20.7. The Bertz CT molecular complexity index is 630. The Kier molecular flexibility index (Phi) is 9.30. The summed E-state index contributed by atoms with van der Waals surface area (Å²) in [6.07, 6.45) is 17.1. The third-order valence-corrected chi connectivity index (χ3v) is 4.03. The lowest BCUT2D eigenvalue weighted by atomic mass is 9.91. The second kappa shape index (κ2) is 11.2. The molecule has 0 aromatic rings. The predicted octanol–water partition coefficient (Wildman–Crippen LogP) is 4.60. The maximum absolute atomic E-state index is 12.4. The molecule has 0 atom stereocenters. The summed E-state index contributed by atoms with van der Waals surface area (Å²) in [6.45, 7) is 3.68. The summed E-state index contributed by atoms with van der Waals surface area (Å²) < 4.78 is 10.1. The maximum Gasteiger partial charge on any atom is 0.228 e. The number of carbonyl (C=O) groups is 2. The van der Waals surface area contributed by atoms with Gasteiger partial charge in [0.1, 0.15) is 0 Å². The van der Waals surface area contributed by atoms with Crippen LogP contribution >= 0.6 is 0 Å². The number of methoxy groups -OCH3 is 2. The summed E-state index contributed by atoms with van der Waals surface area (Å²) in [4.78, 5) is 24.7. The van der Waals surface area contributed by atoms with Gasteiger partial charge in [-0.25, -0.2) is 0 Å². The zero-order valence-corrected chi connectivity index (χ0v) is 15.6. The second-order valence-corrected chi connectivity index (χ2v) is 5.74. The van der Waals surface area contributed by atoms with Gasteiger partial charge >= 0.3 is 0 Å². The van der Waals surface area contributed by atoms with Gasteiger partial charge in [0.05, 0.1) is 14.2 Å². The molecule has 25 heavy (non-hydrogen) atoms. The van der Waals surface area contributed by atoms with Crippen molar-refractivity contribution in [2.24, 2.45) is 0 Å². The molecule has 0 N–H and O–H groups in total. The molecule has 1 rings (SSSR count). The minimum absolute atomic E-state index is 0.0156. The third kappa shape index (κ3) is 5.89. The summed E-state index contributed by atoms with van der Waals surface area (Å²) in [6, 6.07) is 0. The Morgan fingerprint density at radius 3 is 2.00 bits per heavy atom. The highest BCUT2D eigenvalue weighted by Gasteiger charge is 2.33. The highest BCUT2D eigenvalue weighted by molar-refractivity contribution is 6.23. The zero-order chi connectivity index (χ0) is 18.7. The fourth-order valence-corrected chi connectivity index (χ4v) is 2.57. The third-order valence-electron chi connectivity index (χ3n) is 4.03. The lowest BCUT2D eigenvalue weighted by Crippen LogP contribution is -2.24. The lowest BCUT2D eigenvalue weighted by Gasteiger charge is -2.19. The summed E-state index contributed by atoms with van der Waals surface area (Å²) in [5.41, 5.74) is 0.874. The predicted molar refractivity (Wildman–Crippen MR) is 99.9 cm³/mol. The van der Waals surface area contributed by atoms with Gasteiger partial charge in [-0.05, 0) is 46.0 Å². The molecule has 0 heterocycles. The van der Waals surface area contributed by atoms with Gasteiger partial charge in [-0.15, -0.1) is 0 Å². The van der Waals surface area contributed by atoms with Crippen molar-refractivity contribution in [3.05, 3.63) is 59.1 Å². The minimum Gasteiger partial charge on any atom is -0.489 e. The van der Waals surface area contributed by atoms with Crippen LogP contribution in [0.2, 0.25) is 0 Å². The van der Waals surface area contributed by atoms with Crippen LogP contribution < -0.4 is 0 Å². The molecular formula is C21H28O4. The van der Waals surface area contributed by atoms with E-state index in [0.717, 1.165) is 19.3 Å². The number of rotatable bonds is 10. The smallest absolute Gasteiger partial charge is 0.228 e. The molecule has 0 aliphatic heterocycles. The van der Waals surface area contributed by atoms with Crippen LogP contribution in [0.5, 0.6) is 0 Å². The molecule has 0 aromatic heterocycles. The highest BCUT2D eigenvalue weighted by atomic mass is 16.5. The van der Waals surface area contributed by atoms with Crippen LogP contribution in [0.3, 0.4) is 0 Å². The quantitative estimate of drug-likeness (QED) is 0.252. The van der Waals surface area contributed by atoms with Gasteiger partial charge < -0.3 is 9.47 Å². The van der Waals surface area contributed by atoms with Crippen molar-refractivity contribution < 1.29 is 19.1 Å². The average molecular weight is 344 g/mol. The van der Waals surface area contributed by atoms with Crippen molar-refractivity contribution >= 4 is 11.6 Å². The normalized spacial score (nSPS) is 16.2. The Morgan fingerprint density at radius 2 is 1.40 bits per heavy atom. The van der Waals surface area contributed by atoms with E-state index in [-0.39, 0.29) is 23.1 Å². The van der Waals surface area contributed by atoms with E-state index >= 15 is 0 Å². The molecule has 0 radical (unpaired) electrons. The van der Waals surface area contributed by atoms with Crippen LogP contribution in [-0.4, -0.2) is 25.8 Å². The first-order valence-corrected chi connectivity index (χ1v) is 8.62. The number of allylic oxidation sites excluding steroid dienone is 8. The molecule has 0 amide bonds. The van der Waals surface area contributed by atoms with Gasteiger partial charge in [0.2, 0.25) is 23.1 Å². The van der Waals surface area contributed by atoms with E-state index in [1.54, 1.807) is 6.92 Å². The monoisotopic (exact) mass is 344 g/mol. The summed E-state index contributed by atoms with van der Waals surface area (Å²) in [7, 11) is 2.73. The molecule has 4 nitrogen and oxygen atoms in total. The van der Waals surface area contributed by atoms with Crippen molar-refractivity contribution in [3.8, 4) is 0 Å². The van der Waals surface area contributed by atoms with E-state index in [0.29, 0.717) is 17.6 Å². The summed E-state index contributed by atoms with van der Waals surface area (Å²) >= 11 is 0. The number of ether oxygens (including phenoxy) is 2. The zero-order valence-electron chi connectivity index (χ0n) is 15.6. The molecule has 136 valence electrons. The number of Topliss-reactive ketones (excluding diaryl/α,β-unsaturated/α-hetero) is 2. The van der Waals surface area contributed by atoms with Crippen molar-refractivity contribution in [1.82, 2.24) is 0 Å². The van der Waals surface area contributed by atoms with Crippen molar-refractivity contribution in [2.45, 2.75) is 46.0 Å². The van der Waals surface area contributed by atoms with Crippen molar-refractivity contribution in [3.63, 3.8) is 0 Å². The van der Waals surface area contributed by atoms with Crippen molar-refractivity contribution in [2.75, 3.05) is 14.2 Å². The molecule has 1 aliphatic rings. The van der Waals surface area contributed by atoms with Crippen LogP contribution in [0.1, 0.15) is 46.0 Å². The SMILES string of the molecule is C/C=C/CCCC/C=C/C=C/CC1=C(C)C(=O)C(OC)=C(OC)C1=O. The first-order valence-electron chi connectivity index (χ1n) is 8.62. The van der Waals surface area contributed by atoms with Gasteiger partial charge in [0.15, 0.2) is 0 Å². The number of carbonyl (C=O) groups excluding carboxylic acids is 2. The van der Waals surface area contributed by atoms with E-state index in [1.165, 1.54) is 20.6 Å². The Balaban J connectivity index is 2.57. The minimum atomic E-state index is -0.293.